The van der Waals surface area contributed by atoms with Crippen LogP contribution < -0.4 is 0 Å². The molecular weight excluding hydrogens is 456 g/mol. The van der Waals surface area contributed by atoms with Crippen molar-refractivity contribution in [1.82, 2.24) is 0 Å². The molecule has 1 aromatic rings. The van der Waals surface area contributed by atoms with E-state index in [4.69, 9.17) is 10.2 Å². The normalized spacial score (nSPS) is 30.3. The second kappa shape index (κ2) is 11.1. The van der Waals surface area contributed by atoms with Gasteiger partial charge in [-0.25, -0.2) is 0 Å². The first-order valence-corrected chi connectivity index (χ1v) is 14.1. The van der Waals surface area contributed by atoms with Gasteiger partial charge in [0.2, 0.25) is 0 Å². The molecule has 4 N–H and O–H groups in total. The highest BCUT2D eigenvalue weighted by molar-refractivity contribution is 5.66. The van der Waals surface area contributed by atoms with E-state index in [1.807, 2.05) is 12.1 Å². The maximum absolute atomic E-state index is 11.5. The first-order chi connectivity index (χ1) is 17.2. The number of hydrogen-bond acceptors (Lipinski definition) is 4. The van der Waals surface area contributed by atoms with E-state index in [0.29, 0.717) is 36.3 Å². The van der Waals surface area contributed by atoms with E-state index in [1.165, 1.54) is 11.1 Å². The lowest BCUT2D eigenvalue weighted by Crippen LogP contribution is -2.48. The average Bonchev–Trinajstić information content (AvgIpc) is 3.04. The van der Waals surface area contributed by atoms with Crippen LogP contribution in [0, 0.1) is 22.7 Å². The number of aryl methyl sites for hydroxylation is 1. The topological polar surface area (TPSA) is 115 Å². The van der Waals surface area contributed by atoms with Crippen LogP contribution in [-0.4, -0.2) is 38.5 Å². The van der Waals surface area contributed by atoms with Crippen molar-refractivity contribution in [3.8, 4) is 5.75 Å². The number of aliphatic carboxylic acids is 2. The van der Waals surface area contributed by atoms with E-state index in [9.17, 15) is 19.8 Å². The average molecular weight is 501 g/mol. The van der Waals surface area contributed by atoms with Gasteiger partial charge in [0.15, 0.2) is 0 Å². The van der Waals surface area contributed by atoms with E-state index < -0.39 is 11.9 Å². The molecule has 4 rings (SSSR count). The van der Waals surface area contributed by atoms with Gasteiger partial charge in [0.05, 0.1) is 6.10 Å². The molecule has 0 heterocycles. The highest BCUT2D eigenvalue weighted by Crippen LogP contribution is 2.69. The number of fused-ring (bicyclic) bond motifs is 5. The number of phenolic OH excluding ortho intramolecular Hbond substituents is 1. The minimum Gasteiger partial charge on any atom is -0.508 e. The summed E-state index contributed by atoms with van der Waals surface area (Å²) in [5.41, 5.74) is 2.55. The Labute approximate surface area is 215 Å². The summed E-state index contributed by atoms with van der Waals surface area (Å²) in [6.45, 7) is 2.31. The van der Waals surface area contributed by atoms with Gasteiger partial charge >= 0.3 is 11.9 Å². The van der Waals surface area contributed by atoms with Crippen molar-refractivity contribution in [2.45, 2.75) is 115 Å². The number of aliphatic hydroxyl groups is 1. The molecule has 2 saturated carbocycles. The van der Waals surface area contributed by atoms with Gasteiger partial charge in [0.25, 0.3) is 0 Å². The van der Waals surface area contributed by atoms with Crippen molar-refractivity contribution >= 4 is 11.9 Å². The van der Waals surface area contributed by atoms with E-state index in [-0.39, 0.29) is 29.8 Å². The quantitative estimate of drug-likeness (QED) is 0.251. The molecule has 0 bridgehead atoms. The number of carboxylic acids is 2. The van der Waals surface area contributed by atoms with Crippen LogP contribution in [0.2, 0.25) is 0 Å². The van der Waals surface area contributed by atoms with Crippen molar-refractivity contribution in [2.24, 2.45) is 22.7 Å². The summed E-state index contributed by atoms with van der Waals surface area (Å²) >= 11 is 0. The molecule has 0 aromatic heterocycles. The number of rotatable bonds is 12. The first kappa shape index (κ1) is 27.0. The Kier molecular flexibility index (Phi) is 8.33. The summed E-state index contributed by atoms with van der Waals surface area (Å²) in [4.78, 5) is 22.0. The summed E-state index contributed by atoms with van der Waals surface area (Å²) in [5, 5.41) is 39.6. The number of aliphatic hydroxyl groups excluding tert-OH is 1. The lowest BCUT2D eigenvalue weighted by molar-refractivity contribution is -0.138. The molecule has 0 saturated heterocycles. The third kappa shape index (κ3) is 5.44. The van der Waals surface area contributed by atoms with E-state index in [2.05, 4.69) is 13.0 Å². The minimum atomic E-state index is -0.742. The van der Waals surface area contributed by atoms with Gasteiger partial charge in [-0.3, -0.25) is 9.59 Å². The van der Waals surface area contributed by atoms with Crippen LogP contribution in [0.1, 0.15) is 114 Å². The molecule has 0 radical (unpaired) electrons. The van der Waals surface area contributed by atoms with Crippen LogP contribution in [0.25, 0.3) is 0 Å². The highest BCUT2D eigenvalue weighted by atomic mass is 16.4. The summed E-state index contributed by atoms with van der Waals surface area (Å²) in [5.74, 6) is 0.205. The summed E-state index contributed by atoms with van der Waals surface area (Å²) in [7, 11) is 0. The Bertz CT molecular complexity index is 917. The molecule has 1 unspecified atom stereocenters. The van der Waals surface area contributed by atoms with Gasteiger partial charge in [-0.15, -0.1) is 0 Å². The molecule has 0 aliphatic heterocycles. The second-order valence-electron chi connectivity index (χ2n) is 12.2. The molecule has 36 heavy (non-hydrogen) atoms. The lowest BCUT2D eigenvalue weighted by atomic mass is 9.50. The minimum absolute atomic E-state index is 0.0123. The molecule has 3 aliphatic carbocycles. The van der Waals surface area contributed by atoms with Gasteiger partial charge in [-0.2, -0.15) is 0 Å². The number of hydrogen-bond donors (Lipinski definition) is 4. The third-order valence-electron chi connectivity index (χ3n) is 10.1. The van der Waals surface area contributed by atoms with E-state index in [0.717, 1.165) is 70.6 Å². The molecule has 3 aliphatic rings. The van der Waals surface area contributed by atoms with E-state index in [1.54, 1.807) is 0 Å². The van der Waals surface area contributed by atoms with Crippen molar-refractivity contribution in [2.75, 3.05) is 0 Å². The van der Waals surface area contributed by atoms with Crippen LogP contribution in [0.3, 0.4) is 0 Å². The smallest absolute Gasteiger partial charge is 0.303 e. The van der Waals surface area contributed by atoms with Crippen molar-refractivity contribution in [3.63, 3.8) is 0 Å². The van der Waals surface area contributed by atoms with Gasteiger partial charge in [-0.1, -0.05) is 38.7 Å². The van der Waals surface area contributed by atoms with Gasteiger partial charge < -0.3 is 20.4 Å². The molecule has 0 amide bonds. The van der Waals surface area contributed by atoms with Gasteiger partial charge in [-0.05, 0) is 110 Å². The predicted octanol–water partition coefficient (Wildman–Crippen LogP) is 6.28. The fraction of sp³-hybridized carbons (Fsp3) is 0.733. The molecule has 6 heteroatoms. The monoisotopic (exact) mass is 500 g/mol. The van der Waals surface area contributed by atoms with Gasteiger partial charge in [0.1, 0.15) is 5.75 Å². The van der Waals surface area contributed by atoms with Crippen molar-refractivity contribution in [3.05, 3.63) is 29.3 Å². The Morgan fingerprint density at radius 1 is 0.944 bits per heavy atom. The summed E-state index contributed by atoms with van der Waals surface area (Å²) in [6.07, 6.45) is 12.1. The predicted molar refractivity (Wildman–Crippen MR) is 138 cm³/mol. The zero-order valence-corrected chi connectivity index (χ0v) is 21.8. The standard InChI is InChI=1S/C30H44O6/c1-29-17-14-23-22-13-11-21(31)18-20(22)10-12-24(23)28(29)30(19-25(29)32,15-6-2-4-8-26(33)34)16-7-3-5-9-27(35)36/h11,13,18,23-25,28,31-32H,2-10,12,14-17,19H2,1H3,(H,33,34)(H,35,36)/t23-,24-,25?,28+,29-/m1/s1. The highest BCUT2D eigenvalue weighted by Gasteiger charge is 2.63. The van der Waals surface area contributed by atoms with Crippen LogP contribution in [0.5, 0.6) is 5.75 Å². The molecule has 1 aromatic carbocycles. The molecular formula is C30H44O6. The number of phenols is 1. The van der Waals surface area contributed by atoms with Crippen molar-refractivity contribution in [1.29, 1.82) is 0 Å². The molecule has 0 spiro atoms. The second-order valence-corrected chi connectivity index (χ2v) is 12.2. The number of unbranched alkanes of at least 4 members (excludes halogenated alkanes) is 4. The van der Waals surface area contributed by atoms with Crippen LogP contribution >= 0.6 is 0 Å². The summed E-state index contributed by atoms with van der Waals surface area (Å²) < 4.78 is 0. The number of carboxylic acid groups (broad SMARTS) is 2. The fourth-order valence-electron chi connectivity index (χ4n) is 8.58. The lowest BCUT2D eigenvalue weighted by Gasteiger charge is -2.55. The molecule has 5 atom stereocenters. The molecule has 2 fully saturated rings. The van der Waals surface area contributed by atoms with Crippen LogP contribution in [0.15, 0.2) is 18.2 Å². The van der Waals surface area contributed by atoms with Crippen LogP contribution in [-0.2, 0) is 16.0 Å². The van der Waals surface area contributed by atoms with Crippen LogP contribution in [0.4, 0.5) is 0 Å². The maximum atomic E-state index is 11.5. The zero-order chi connectivity index (χ0) is 25.9. The number of carbonyl (C=O) groups is 2. The molecule has 6 nitrogen and oxygen atoms in total. The van der Waals surface area contributed by atoms with Crippen molar-refractivity contribution < 1.29 is 30.0 Å². The van der Waals surface area contributed by atoms with Gasteiger partial charge in [0, 0.05) is 12.8 Å². The Morgan fingerprint density at radius 3 is 2.19 bits per heavy atom. The summed E-state index contributed by atoms with van der Waals surface area (Å²) in [6, 6.07) is 5.87. The Balaban J connectivity index is 1.58. The molecule has 200 valence electrons. The first-order valence-electron chi connectivity index (χ1n) is 14.1. The number of aromatic hydroxyl groups is 1. The Hall–Kier alpha value is -2.08. The zero-order valence-electron chi connectivity index (χ0n) is 21.8. The van der Waals surface area contributed by atoms with E-state index >= 15 is 0 Å². The maximum Gasteiger partial charge on any atom is 0.303 e. The fourth-order valence-corrected chi connectivity index (χ4v) is 8.58. The third-order valence-corrected chi connectivity index (χ3v) is 10.1. The largest absolute Gasteiger partial charge is 0.508 e. The Morgan fingerprint density at radius 2 is 1.58 bits per heavy atom. The SMILES string of the molecule is C[C@]12CC[C@@H]3c4ccc(O)cc4CC[C@H]3[C@@H]1C(CCCCCC(=O)O)(CCCCCC(=O)O)CC2O. The number of benzene rings is 1.